The first-order valence-electron chi connectivity index (χ1n) is 1.87. The molecule has 44 valence electrons. The first kappa shape index (κ1) is 6.28. The van der Waals surface area contributed by atoms with Gasteiger partial charge in [-0.3, -0.25) is 0 Å². The number of hydrogen-bond acceptors (Lipinski definition) is 3. The minimum Gasteiger partial charge on any atom is -0.328 e. The van der Waals surface area contributed by atoms with Gasteiger partial charge >= 0.3 is 0 Å². The summed E-state index contributed by atoms with van der Waals surface area (Å²) in [6.45, 7) is 0. The van der Waals surface area contributed by atoms with Crippen molar-refractivity contribution >= 4 is 34.2 Å². The summed E-state index contributed by atoms with van der Waals surface area (Å²) in [7, 11) is 0. The Morgan fingerprint density at radius 1 is 1.75 bits per heavy atom. The quantitative estimate of drug-likeness (QED) is 0.554. The van der Waals surface area contributed by atoms with Crippen molar-refractivity contribution in [1.29, 1.82) is 0 Å². The first-order chi connectivity index (χ1) is 3.83. The molecule has 0 saturated heterocycles. The Hall–Kier alpha value is 0.160. The van der Waals surface area contributed by atoms with Crippen molar-refractivity contribution in [3.63, 3.8) is 0 Å². The molecule has 0 aliphatic heterocycles. The van der Waals surface area contributed by atoms with E-state index in [1.807, 2.05) is 22.6 Å². The van der Waals surface area contributed by atoms with E-state index in [1.54, 1.807) is 0 Å². The highest BCUT2D eigenvalue weighted by atomic mass is 127. The molecule has 1 aromatic rings. The van der Waals surface area contributed by atoms with E-state index in [1.165, 1.54) is 0 Å². The van der Waals surface area contributed by atoms with Crippen LogP contribution >= 0.6 is 34.2 Å². The van der Waals surface area contributed by atoms with Crippen molar-refractivity contribution in [2.75, 3.05) is 0 Å². The minimum absolute atomic E-state index is 0.312. The highest BCUT2D eigenvalue weighted by molar-refractivity contribution is 14.1. The van der Waals surface area contributed by atoms with Crippen LogP contribution in [-0.4, -0.2) is 10.1 Å². The van der Waals surface area contributed by atoms with Crippen LogP contribution in [0.2, 0.25) is 0 Å². The molecule has 0 fully saturated rings. The molecule has 8 heavy (non-hydrogen) atoms. The SMILES string of the molecule is ClCc1noc(I)n1. The average Bonchev–Trinajstić information content (AvgIpc) is 2.14. The van der Waals surface area contributed by atoms with Crippen LogP contribution in [0.15, 0.2) is 4.52 Å². The van der Waals surface area contributed by atoms with Crippen LogP contribution in [0, 0.1) is 3.90 Å². The lowest BCUT2D eigenvalue weighted by Crippen LogP contribution is -1.77. The van der Waals surface area contributed by atoms with E-state index in [2.05, 4.69) is 14.7 Å². The molecule has 3 nitrogen and oxygen atoms in total. The van der Waals surface area contributed by atoms with Crippen molar-refractivity contribution in [2.45, 2.75) is 5.88 Å². The summed E-state index contributed by atoms with van der Waals surface area (Å²) in [5, 5.41) is 3.51. The fraction of sp³-hybridized carbons (Fsp3) is 0.333. The van der Waals surface area contributed by atoms with E-state index in [0.717, 1.165) is 0 Å². The topological polar surface area (TPSA) is 38.9 Å². The van der Waals surface area contributed by atoms with Crippen LogP contribution in [0.1, 0.15) is 5.82 Å². The maximum Gasteiger partial charge on any atom is 0.287 e. The summed E-state index contributed by atoms with van der Waals surface area (Å²) in [6, 6.07) is 0. The summed E-state index contributed by atoms with van der Waals surface area (Å²) >= 11 is 7.28. The molecule has 0 atom stereocenters. The summed E-state index contributed by atoms with van der Waals surface area (Å²) in [6.07, 6.45) is 0. The highest BCUT2D eigenvalue weighted by Gasteiger charge is 1.97. The zero-order valence-corrected chi connectivity index (χ0v) is 6.68. The number of hydrogen-bond donors (Lipinski definition) is 0. The van der Waals surface area contributed by atoms with Crippen molar-refractivity contribution in [2.24, 2.45) is 0 Å². The molecule has 0 amide bonds. The van der Waals surface area contributed by atoms with Gasteiger partial charge in [-0.1, -0.05) is 5.16 Å². The second kappa shape index (κ2) is 2.63. The number of aromatic nitrogens is 2. The van der Waals surface area contributed by atoms with Gasteiger partial charge in [0, 0.05) is 22.6 Å². The summed E-state index contributed by atoms with van der Waals surface area (Å²) in [4.78, 5) is 3.81. The van der Waals surface area contributed by atoms with Gasteiger partial charge in [-0.15, -0.1) is 11.6 Å². The summed E-state index contributed by atoms with van der Waals surface area (Å²) < 4.78 is 5.12. The Bertz CT molecular complexity index is 178. The van der Waals surface area contributed by atoms with Gasteiger partial charge in [0.2, 0.25) is 0 Å². The predicted molar refractivity (Wildman–Crippen MR) is 36.6 cm³/mol. The lowest BCUT2D eigenvalue weighted by molar-refractivity contribution is 0.389. The Labute approximate surface area is 64.5 Å². The van der Waals surface area contributed by atoms with E-state index in [-0.39, 0.29) is 0 Å². The molecule has 1 rings (SSSR count). The summed E-state index contributed by atoms with van der Waals surface area (Å²) in [5.74, 6) is 0.850. The molecular weight excluding hydrogens is 242 g/mol. The second-order valence-electron chi connectivity index (χ2n) is 1.10. The summed E-state index contributed by atoms with van der Waals surface area (Å²) in [5.41, 5.74) is 0. The van der Waals surface area contributed by atoms with Gasteiger partial charge in [-0.25, -0.2) is 0 Å². The molecule has 0 bridgehead atoms. The van der Waals surface area contributed by atoms with Crippen molar-refractivity contribution in [3.05, 3.63) is 9.72 Å². The van der Waals surface area contributed by atoms with E-state index in [4.69, 9.17) is 11.6 Å². The van der Waals surface area contributed by atoms with E-state index >= 15 is 0 Å². The largest absolute Gasteiger partial charge is 0.328 e. The zero-order chi connectivity index (χ0) is 5.98. The van der Waals surface area contributed by atoms with Gasteiger partial charge in [0.05, 0.1) is 5.88 Å². The number of alkyl halides is 1. The molecule has 0 aliphatic carbocycles. The monoisotopic (exact) mass is 244 g/mol. The molecule has 0 aromatic carbocycles. The first-order valence-corrected chi connectivity index (χ1v) is 3.48. The van der Waals surface area contributed by atoms with Gasteiger partial charge in [0.25, 0.3) is 3.90 Å². The van der Waals surface area contributed by atoms with Crippen molar-refractivity contribution < 1.29 is 4.52 Å². The van der Waals surface area contributed by atoms with Crippen LogP contribution in [0.4, 0.5) is 0 Å². The van der Waals surface area contributed by atoms with Gasteiger partial charge in [-0.2, -0.15) is 4.98 Å². The number of nitrogens with zero attached hydrogens (tertiary/aromatic N) is 2. The molecule has 5 heteroatoms. The third-order valence-corrected chi connectivity index (χ3v) is 1.24. The molecule has 0 radical (unpaired) electrons. The normalized spacial score (nSPS) is 9.75. The minimum atomic E-state index is 0.312. The smallest absolute Gasteiger partial charge is 0.287 e. The molecule has 0 aliphatic rings. The lowest BCUT2D eigenvalue weighted by Gasteiger charge is -1.71. The van der Waals surface area contributed by atoms with Crippen molar-refractivity contribution in [1.82, 2.24) is 10.1 Å². The van der Waals surface area contributed by atoms with Crippen LogP contribution in [0.25, 0.3) is 0 Å². The van der Waals surface area contributed by atoms with Crippen molar-refractivity contribution in [3.8, 4) is 0 Å². The van der Waals surface area contributed by atoms with Crippen LogP contribution in [0.3, 0.4) is 0 Å². The number of rotatable bonds is 1. The third kappa shape index (κ3) is 1.32. The molecule has 0 spiro atoms. The molecule has 0 unspecified atom stereocenters. The molecule has 1 heterocycles. The Kier molecular flexibility index (Phi) is 2.07. The van der Waals surface area contributed by atoms with Gasteiger partial charge in [0.15, 0.2) is 5.82 Å². The lowest BCUT2D eigenvalue weighted by atomic mass is 10.7. The standard InChI is InChI=1S/C3H2ClIN2O/c4-1-2-6-3(5)8-7-2/h1H2. The Balaban J connectivity index is 2.84. The van der Waals surface area contributed by atoms with Crippen LogP contribution in [0.5, 0.6) is 0 Å². The Morgan fingerprint density at radius 2 is 2.50 bits per heavy atom. The van der Waals surface area contributed by atoms with Crippen LogP contribution < -0.4 is 0 Å². The predicted octanol–water partition coefficient (Wildman–Crippen LogP) is 1.41. The highest BCUT2D eigenvalue weighted by Crippen LogP contribution is 2.01. The molecular formula is C3H2ClIN2O. The maximum absolute atomic E-state index is 5.35. The molecule has 0 saturated carbocycles. The van der Waals surface area contributed by atoms with Crippen LogP contribution in [-0.2, 0) is 5.88 Å². The third-order valence-electron chi connectivity index (χ3n) is 0.563. The van der Waals surface area contributed by atoms with Gasteiger partial charge in [-0.05, 0) is 0 Å². The molecule has 0 N–H and O–H groups in total. The zero-order valence-electron chi connectivity index (χ0n) is 3.77. The van der Waals surface area contributed by atoms with Gasteiger partial charge < -0.3 is 4.52 Å². The van der Waals surface area contributed by atoms with Gasteiger partial charge in [0.1, 0.15) is 0 Å². The fourth-order valence-corrected chi connectivity index (χ4v) is 0.772. The van der Waals surface area contributed by atoms with E-state index < -0.39 is 0 Å². The maximum atomic E-state index is 5.35. The fourth-order valence-electron chi connectivity index (χ4n) is 0.287. The molecule has 1 aromatic heterocycles. The second-order valence-corrected chi connectivity index (χ2v) is 2.29. The number of halogens is 2. The van der Waals surface area contributed by atoms with E-state index in [0.29, 0.717) is 15.6 Å². The Morgan fingerprint density at radius 3 is 2.75 bits per heavy atom. The van der Waals surface area contributed by atoms with E-state index in [9.17, 15) is 0 Å². The average molecular weight is 244 g/mol.